The van der Waals surface area contributed by atoms with Gasteiger partial charge in [-0.3, -0.25) is 4.79 Å². The van der Waals surface area contributed by atoms with Gasteiger partial charge >= 0.3 is 0 Å². The summed E-state index contributed by atoms with van der Waals surface area (Å²) in [5, 5.41) is 4.04. The van der Waals surface area contributed by atoms with E-state index in [0.717, 1.165) is 22.5 Å². The second-order valence-corrected chi connectivity index (χ2v) is 6.07. The molecule has 26 heavy (non-hydrogen) atoms. The molecule has 0 aliphatic carbocycles. The van der Waals surface area contributed by atoms with Crippen LogP contribution in [0.15, 0.2) is 65.8 Å². The third kappa shape index (κ3) is 3.88. The van der Waals surface area contributed by atoms with E-state index < -0.39 is 0 Å². The van der Waals surface area contributed by atoms with Crippen LogP contribution in [0.3, 0.4) is 0 Å². The van der Waals surface area contributed by atoms with Gasteiger partial charge in [-0.15, -0.1) is 0 Å². The van der Waals surface area contributed by atoms with E-state index in [9.17, 15) is 9.18 Å². The summed E-state index contributed by atoms with van der Waals surface area (Å²) in [6.45, 7) is 3.80. The van der Waals surface area contributed by atoms with Crippen molar-refractivity contribution in [2.24, 2.45) is 5.10 Å². The first kappa shape index (κ1) is 17.6. The number of hydrogen-bond acceptors (Lipinski definition) is 2. The van der Waals surface area contributed by atoms with E-state index in [-0.39, 0.29) is 18.1 Å². The predicted octanol–water partition coefficient (Wildman–Crippen LogP) is 3.93. The molecule has 1 heterocycles. The fourth-order valence-electron chi connectivity index (χ4n) is 2.92. The van der Waals surface area contributed by atoms with Crippen LogP contribution >= 0.6 is 0 Å². The van der Waals surface area contributed by atoms with E-state index in [0.29, 0.717) is 5.69 Å². The molecule has 0 bridgehead atoms. The number of nitrogens with one attached hydrogen (secondary N) is 1. The van der Waals surface area contributed by atoms with Crippen molar-refractivity contribution in [1.29, 1.82) is 0 Å². The molecule has 2 aromatic carbocycles. The summed E-state index contributed by atoms with van der Waals surface area (Å²) >= 11 is 0. The van der Waals surface area contributed by atoms with Gasteiger partial charge in [-0.2, -0.15) is 5.10 Å². The topological polar surface area (TPSA) is 46.4 Å². The summed E-state index contributed by atoms with van der Waals surface area (Å²) in [4.78, 5) is 11.9. The second-order valence-electron chi connectivity index (χ2n) is 6.07. The summed E-state index contributed by atoms with van der Waals surface area (Å²) in [6.07, 6.45) is 1.86. The van der Waals surface area contributed by atoms with Gasteiger partial charge in [0.2, 0.25) is 5.91 Å². The Labute approximate surface area is 152 Å². The molecule has 0 aliphatic heterocycles. The zero-order valence-electron chi connectivity index (χ0n) is 14.7. The van der Waals surface area contributed by atoms with Crippen LogP contribution in [0, 0.1) is 19.7 Å². The molecule has 0 radical (unpaired) electrons. The van der Waals surface area contributed by atoms with Gasteiger partial charge in [0, 0.05) is 17.0 Å². The molecule has 3 aromatic rings. The number of amides is 1. The summed E-state index contributed by atoms with van der Waals surface area (Å²) in [7, 11) is 0. The molecule has 5 heteroatoms. The van der Waals surface area contributed by atoms with Crippen molar-refractivity contribution >= 4 is 12.1 Å². The van der Waals surface area contributed by atoms with E-state index in [1.54, 1.807) is 24.4 Å². The monoisotopic (exact) mass is 349 g/mol. The molecule has 132 valence electrons. The average Bonchev–Trinajstić information content (AvgIpc) is 2.90. The number of carbonyl (C=O) groups is 1. The average molecular weight is 349 g/mol. The summed E-state index contributed by atoms with van der Waals surface area (Å²) < 4.78 is 15.9. The number of para-hydroxylation sites is 1. The van der Waals surface area contributed by atoms with Crippen molar-refractivity contribution < 1.29 is 9.18 Å². The van der Waals surface area contributed by atoms with Gasteiger partial charge < -0.3 is 4.57 Å². The Morgan fingerprint density at radius 2 is 1.81 bits per heavy atom. The fourth-order valence-corrected chi connectivity index (χ4v) is 2.92. The number of nitrogens with zero attached hydrogens (tertiary/aromatic N) is 2. The SMILES string of the molecule is Cc1cc(/C=N/NC(=O)Cc2ccccc2)c(C)n1-c1ccccc1F. The van der Waals surface area contributed by atoms with Crippen molar-refractivity contribution in [3.05, 3.63) is 89.0 Å². The number of benzene rings is 2. The van der Waals surface area contributed by atoms with Crippen LogP contribution in [0.2, 0.25) is 0 Å². The number of halogens is 1. The van der Waals surface area contributed by atoms with Gasteiger partial charge in [-0.05, 0) is 37.6 Å². The molecule has 3 rings (SSSR count). The van der Waals surface area contributed by atoms with Crippen LogP contribution in [0.1, 0.15) is 22.5 Å². The minimum absolute atomic E-state index is 0.185. The molecule has 0 fully saturated rings. The van der Waals surface area contributed by atoms with Crippen LogP contribution in [0.4, 0.5) is 4.39 Å². The highest BCUT2D eigenvalue weighted by molar-refractivity contribution is 5.84. The first-order valence-electron chi connectivity index (χ1n) is 8.36. The fraction of sp³-hybridized carbons (Fsp3) is 0.143. The van der Waals surface area contributed by atoms with Crippen LogP contribution < -0.4 is 5.43 Å². The van der Waals surface area contributed by atoms with Gasteiger partial charge in [-0.1, -0.05) is 42.5 Å². The van der Waals surface area contributed by atoms with E-state index >= 15 is 0 Å². The van der Waals surface area contributed by atoms with Gasteiger partial charge in [0.1, 0.15) is 5.82 Å². The zero-order chi connectivity index (χ0) is 18.5. The van der Waals surface area contributed by atoms with Crippen molar-refractivity contribution in [1.82, 2.24) is 9.99 Å². The number of hydrazone groups is 1. The maximum atomic E-state index is 14.1. The van der Waals surface area contributed by atoms with Gasteiger partial charge in [0.25, 0.3) is 0 Å². The van der Waals surface area contributed by atoms with Crippen LogP contribution in [0.5, 0.6) is 0 Å². The van der Waals surface area contributed by atoms with Gasteiger partial charge in [0.05, 0.1) is 18.3 Å². The molecule has 1 N–H and O–H groups in total. The summed E-state index contributed by atoms with van der Waals surface area (Å²) in [5.41, 5.74) is 6.53. The number of aromatic nitrogens is 1. The molecule has 0 atom stereocenters. The predicted molar refractivity (Wildman–Crippen MR) is 101 cm³/mol. The Kier molecular flexibility index (Phi) is 5.27. The normalized spacial score (nSPS) is 11.0. The molecule has 1 amide bonds. The van der Waals surface area contributed by atoms with Gasteiger partial charge in [-0.25, -0.2) is 9.82 Å². The highest BCUT2D eigenvalue weighted by Gasteiger charge is 2.12. The first-order valence-corrected chi connectivity index (χ1v) is 8.36. The van der Waals surface area contributed by atoms with Gasteiger partial charge in [0.15, 0.2) is 0 Å². The molecular weight excluding hydrogens is 329 g/mol. The highest BCUT2D eigenvalue weighted by atomic mass is 19.1. The van der Waals surface area contributed by atoms with Crippen molar-refractivity contribution in [3.8, 4) is 5.69 Å². The Balaban J connectivity index is 1.73. The maximum absolute atomic E-state index is 14.1. The zero-order valence-corrected chi connectivity index (χ0v) is 14.7. The standard InChI is InChI=1S/C21H20FN3O/c1-15-12-18(16(2)25(15)20-11-7-6-10-19(20)22)14-23-24-21(26)13-17-8-4-3-5-9-17/h3-12,14H,13H2,1-2H3,(H,24,26)/b23-14+. The lowest BCUT2D eigenvalue weighted by Crippen LogP contribution is -2.19. The molecule has 0 saturated carbocycles. The quantitative estimate of drug-likeness (QED) is 0.551. The van der Waals surface area contributed by atoms with E-state index in [4.69, 9.17) is 0 Å². The number of rotatable bonds is 5. The van der Waals surface area contributed by atoms with Crippen LogP contribution in [0.25, 0.3) is 5.69 Å². The third-order valence-electron chi connectivity index (χ3n) is 4.16. The Bertz CT molecular complexity index is 945. The maximum Gasteiger partial charge on any atom is 0.244 e. The minimum Gasteiger partial charge on any atom is -0.315 e. The van der Waals surface area contributed by atoms with Crippen LogP contribution in [-0.4, -0.2) is 16.7 Å². The number of aryl methyl sites for hydroxylation is 1. The van der Waals surface area contributed by atoms with E-state index in [2.05, 4.69) is 10.5 Å². The molecule has 0 saturated heterocycles. The minimum atomic E-state index is -0.283. The molecular formula is C21H20FN3O. The lowest BCUT2D eigenvalue weighted by Gasteiger charge is -2.10. The largest absolute Gasteiger partial charge is 0.315 e. The molecule has 0 spiro atoms. The smallest absolute Gasteiger partial charge is 0.244 e. The molecule has 4 nitrogen and oxygen atoms in total. The van der Waals surface area contributed by atoms with Crippen molar-refractivity contribution in [2.75, 3.05) is 0 Å². The Morgan fingerprint density at radius 3 is 2.54 bits per heavy atom. The van der Waals surface area contributed by atoms with Crippen molar-refractivity contribution in [3.63, 3.8) is 0 Å². The molecule has 0 aliphatic rings. The third-order valence-corrected chi connectivity index (χ3v) is 4.16. The summed E-state index contributed by atoms with van der Waals surface area (Å²) in [6, 6.07) is 18.0. The first-order chi connectivity index (χ1) is 12.6. The number of carbonyl (C=O) groups excluding carboxylic acids is 1. The van der Waals surface area contributed by atoms with Crippen molar-refractivity contribution in [2.45, 2.75) is 20.3 Å². The Morgan fingerprint density at radius 1 is 1.12 bits per heavy atom. The molecule has 1 aromatic heterocycles. The van der Waals surface area contributed by atoms with E-state index in [1.165, 1.54) is 6.07 Å². The van der Waals surface area contributed by atoms with E-state index in [1.807, 2.05) is 54.8 Å². The lowest BCUT2D eigenvalue weighted by atomic mass is 10.1. The second kappa shape index (κ2) is 7.78. The molecule has 0 unspecified atom stereocenters. The van der Waals surface area contributed by atoms with Crippen LogP contribution in [-0.2, 0) is 11.2 Å². The Hall–Kier alpha value is -3.21. The summed E-state index contributed by atoms with van der Waals surface area (Å²) in [5.74, 6) is -0.468. The lowest BCUT2D eigenvalue weighted by molar-refractivity contribution is -0.120. The highest BCUT2D eigenvalue weighted by Crippen LogP contribution is 2.21. The number of hydrogen-bond donors (Lipinski definition) is 1.